The first-order valence-corrected chi connectivity index (χ1v) is 2.07. The molecule has 0 aromatic carbocycles. The van der Waals surface area contributed by atoms with Crippen molar-refractivity contribution in [2.45, 2.75) is 6.04 Å². The quantitative estimate of drug-likeness (QED) is 0.356. The van der Waals surface area contributed by atoms with Crippen LogP contribution in [0.15, 0.2) is 0 Å². The molecule has 0 atom stereocenters. The van der Waals surface area contributed by atoms with E-state index in [-0.39, 0.29) is 0 Å². The molecule has 0 amide bonds. The molecule has 0 aromatic heterocycles. The Bertz CT molecular complexity index is 79.4. The average Bonchev–Trinajstić information content (AvgIpc) is 1.69. The summed E-state index contributed by atoms with van der Waals surface area (Å²) in [7, 11) is 0. The van der Waals surface area contributed by atoms with Crippen molar-refractivity contribution < 1.29 is 15.1 Å². The minimum absolute atomic E-state index is 0.608. The zero-order valence-corrected chi connectivity index (χ0v) is 4.15. The van der Waals surface area contributed by atoms with Crippen LogP contribution in [-0.4, -0.2) is 34.4 Å². The Morgan fingerprint density at radius 2 is 1.88 bits per heavy atom. The summed E-state index contributed by atoms with van der Waals surface area (Å²) in [5, 5.41) is 25.8. The number of aliphatic hydroxyl groups is 2. The largest absolute Gasteiger partial charge is 0.389 e. The minimum atomic E-state index is -1.21. The third kappa shape index (κ3) is 1.85. The van der Waals surface area contributed by atoms with E-state index in [0.717, 1.165) is 0 Å². The Hall–Kier alpha value is -0.680. The highest BCUT2D eigenvalue weighted by atomic mass is 16.6. The number of aliphatic hydroxyl groups excluding tert-OH is 2. The molecule has 0 aliphatic carbocycles. The van der Waals surface area contributed by atoms with Crippen LogP contribution in [0.25, 0.3) is 0 Å². The highest BCUT2D eigenvalue weighted by Gasteiger charge is 2.15. The van der Waals surface area contributed by atoms with Gasteiger partial charge in [-0.05, 0) is 0 Å². The number of nitro groups is 1. The van der Waals surface area contributed by atoms with Gasteiger partial charge in [0.15, 0.2) is 0 Å². The van der Waals surface area contributed by atoms with Crippen LogP contribution in [0, 0.1) is 10.1 Å². The third-order valence-corrected chi connectivity index (χ3v) is 0.720. The maximum Gasteiger partial charge on any atom is 0.258 e. The Balaban J connectivity index is 3.52. The molecule has 0 bridgehead atoms. The summed E-state index contributed by atoms with van der Waals surface area (Å²) in [6, 6.07) is -1.21. The molecule has 48 valence electrons. The van der Waals surface area contributed by atoms with Crippen LogP contribution >= 0.6 is 0 Å². The van der Waals surface area contributed by atoms with Crippen molar-refractivity contribution in [2.24, 2.45) is 0 Å². The first-order chi connectivity index (χ1) is 3.72. The molecule has 0 aliphatic heterocycles. The Morgan fingerprint density at radius 1 is 1.50 bits per heavy atom. The van der Waals surface area contributed by atoms with Gasteiger partial charge in [0.05, 0.1) is 0 Å². The van der Waals surface area contributed by atoms with E-state index in [1.165, 1.54) is 0 Å². The van der Waals surface area contributed by atoms with Crippen LogP contribution in [0.3, 0.4) is 0 Å². The van der Waals surface area contributed by atoms with Crippen LogP contribution in [0.5, 0.6) is 0 Å². The molecule has 0 heterocycles. The monoisotopic (exact) mass is 121 g/mol. The summed E-state index contributed by atoms with van der Waals surface area (Å²) in [4.78, 5) is 8.92. The fourth-order valence-corrected chi connectivity index (χ4v) is 0.191. The van der Waals surface area contributed by atoms with E-state index >= 15 is 0 Å². The van der Waals surface area contributed by atoms with Crippen LogP contribution in [-0.2, 0) is 0 Å². The lowest BCUT2D eigenvalue weighted by Gasteiger charge is -1.98. The highest BCUT2D eigenvalue weighted by Crippen LogP contribution is 1.83. The van der Waals surface area contributed by atoms with Crippen molar-refractivity contribution >= 4 is 0 Å². The second-order valence-electron chi connectivity index (χ2n) is 1.30. The highest BCUT2D eigenvalue weighted by molar-refractivity contribution is 4.47. The van der Waals surface area contributed by atoms with Gasteiger partial charge in [-0.3, -0.25) is 10.1 Å². The molecule has 5 nitrogen and oxygen atoms in total. The van der Waals surface area contributed by atoms with E-state index in [0.29, 0.717) is 0 Å². The zero-order valence-electron chi connectivity index (χ0n) is 4.15. The lowest BCUT2D eigenvalue weighted by Crippen LogP contribution is -2.27. The fourth-order valence-electron chi connectivity index (χ4n) is 0.191. The predicted molar refractivity (Wildman–Crippen MR) is 25.0 cm³/mol. The van der Waals surface area contributed by atoms with E-state index < -0.39 is 24.2 Å². The molecular weight excluding hydrogens is 114 g/mol. The zero-order chi connectivity index (χ0) is 6.57. The van der Waals surface area contributed by atoms with Gasteiger partial charge in [-0.1, -0.05) is 0 Å². The van der Waals surface area contributed by atoms with Crippen molar-refractivity contribution in [2.75, 3.05) is 13.2 Å². The SMILES string of the molecule is O=[N+]([O-])C(CO)CO. The van der Waals surface area contributed by atoms with E-state index in [2.05, 4.69) is 0 Å². The van der Waals surface area contributed by atoms with Gasteiger partial charge >= 0.3 is 0 Å². The number of rotatable bonds is 3. The normalized spacial score (nSPS) is 9.88. The second-order valence-corrected chi connectivity index (χ2v) is 1.30. The lowest BCUT2D eigenvalue weighted by atomic mass is 10.4. The molecule has 5 heteroatoms. The van der Waals surface area contributed by atoms with Gasteiger partial charge in [0.25, 0.3) is 6.04 Å². The Morgan fingerprint density at radius 3 is 1.88 bits per heavy atom. The van der Waals surface area contributed by atoms with Crippen LogP contribution < -0.4 is 0 Å². The molecule has 0 spiro atoms. The van der Waals surface area contributed by atoms with Crippen LogP contribution in [0.2, 0.25) is 0 Å². The molecular formula is C3H7NO4. The van der Waals surface area contributed by atoms with E-state index in [1.807, 2.05) is 0 Å². The Kier molecular flexibility index (Phi) is 3.05. The molecule has 0 rings (SSSR count). The van der Waals surface area contributed by atoms with E-state index in [1.54, 1.807) is 0 Å². The lowest BCUT2D eigenvalue weighted by molar-refractivity contribution is -0.528. The maximum absolute atomic E-state index is 9.65. The second kappa shape index (κ2) is 3.34. The predicted octanol–water partition coefficient (Wildman–Crippen LogP) is -1.38. The van der Waals surface area contributed by atoms with Gasteiger partial charge in [-0.2, -0.15) is 0 Å². The molecule has 2 N–H and O–H groups in total. The van der Waals surface area contributed by atoms with Gasteiger partial charge in [0, 0.05) is 4.92 Å². The first kappa shape index (κ1) is 7.32. The Labute approximate surface area is 45.7 Å². The van der Waals surface area contributed by atoms with Gasteiger partial charge in [0.2, 0.25) is 0 Å². The summed E-state index contributed by atoms with van der Waals surface area (Å²) in [6.07, 6.45) is 0. The van der Waals surface area contributed by atoms with Crippen molar-refractivity contribution in [3.05, 3.63) is 10.1 Å². The molecule has 0 saturated carbocycles. The van der Waals surface area contributed by atoms with Gasteiger partial charge in [-0.15, -0.1) is 0 Å². The smallest absolute Gasteiger partial charge is 0.258 e. The summed E-state index contributed by atoms with van der Waals surface area (Å²) >= 11 is 0. The average molecular weight is 121 g/mol. The summed E-state index contributed by atoms with van der Waals surface area (Å²) in [6.45, 7) is -1.22. The summed E-state index contributed by atoms with van der Waals surface area (Å²) < 4.78 is 0. The molecule has 0 saturated heterocycles. The first-order valence-electron chi connectivity index (χ1n) is 2.07. The van der Waals surface area contributed by atoms with E-state index in [9.17, 15) is 10.1 Å². The molecule has 0 aromatic rings. The van der Waals surface area contributed by atoms with Crippen molar-refractivity contribution in [3.63, 3.8) is 0 Å². The summed E-state index contributed by atoms with van der Waals surface area (Å²) in [5.41, 5.74) is 0. The number of hydrogen-bond donors (Lipinski definition) is 2. The van der Waals surface area contributed by atoms with Crippen LogP contribution in [0.4, 0.5) is 0 Å². The van der Waals surface area contributed by atoms with Crippen molar-refractivity contribution in [3.8, 4) is 0 Å². The van der Waals surface area contributed by atoms with Gasteiger partial charge in [-0.25, -0.2) is 0 Å². The topological polar surface area (TPSA) is 83.6 Å². The van der Waals surface area contributed by atoms with Gasteiger partial charge < -0.3 is 10.2 Å². The van der Waals surface area contributed by atoms with E-state index in [4.69, 9.17) is 10.2 Å². The van der Waals surface area contributed by atoms with Gasteiger partial charge in [0.1, 0.15) is 13.2 Å². The third-order valence-electron chi connectivity index (χ3n) is 0.720. The molecule has 0 aliphatic rings. The molecule has 0 fully saturated rings. The van der Waals surface area contributed by atoms with Crippen LogP contribution in [0.1, 0.15) is 0 Å². The van der Waals surface area contributed by atoms with Crippen molar-refractivity contribution in [1.29, 1.82) is 0 Å². The number of nitrogens with zero attached hydrogens (tertiary/aromatic N) is 1. The standard InChI is InChI=1S/C3H7NO4/c5-1-3(2-6)4(7)8/h3,5-6H,1-2H2. The van der Waals surface area contributed by atoms with Crippen molar-refractivity contribution in [1.82, 2.24) is 0 Å². The molecule has 0 unspecified atom stereocenters. The maximum atomic E-state index is 9.65. The number of hydrogen-bond acceptors (Lipinski definition) is 4. The summed E-state index contributed by atoms with van der Waals surface area (Å²) in [5.74, 6) is 0. The minimum Gasteiger partial charge on any atom is -0.389 e. The molecule has 0 radical (unpaired) electrons. The molecule has 8 heavy (non-hydrogen) atoms. The fraction of sp³-hybridized carbons (Fsp3) is 1.00.